The Balaban J connectivity index is 0. The number of benzene rings is 1. The summed E-state index contributed by atoms with van der Waals surface area (Å²) in [5, 5.41) is 0. The number of hydrogen-bond acceptors (Lipinski definition) is 2. The van der Waals surface area contributed by atoms with Gasteiger partial charge in [-0.3, -0.25) is 0 Å². The maximum absolute atomic E-state index is 5.59. The molecule has 1 aromatic carbocycles. The molecule has 0 aliphatic heterocycles. The molecule has 0 aliphatic rings. The number of aryl methyl sites for hydroxylation is 1. The summed E-state index contributed by atoms with van der Waals surface area (Å²) in [6.07, 6.45) is 0. The van der Waals surface area contributed by atoms with Crippen molar-refractivity contribution in [2.75, 3.05) is 12.8 Å². The molecule has 14 heavy (non-hydrogen) atoms. The molecule has 1 rings (SSSR count). The highest BCUT2D eigenvalue weighted by Gasteiger charge is 1.93. The molecule has 2 nitrogen and oxygen atoms in total. The van der Waals surface area contributed by atoms with Crippen molar-refractivity contribution >= 4 is 5.69 Å². The zero-order valence-electron chi connectivity index (χ0n) is 10.2. The number of methoxy groups -OCH3 is 1. The van der Waals surface area contributed by atoms with Crippen LogP contribution in [-0.2, 0) is 0 Å². The fourth-order valence-corrected chi connectivity index (χ4v) is 0.775. The zero-order chi connectivity index (χ0) is 11.6. The molecule has 0 radical (unpaired) electrons. The van der Waals surface area contributed by atoms with Gasteiger partial charge in [0.2, 0.25) is 0 Å². The van der Waals surface area contributed by atoms with Gasteiger partial charge in [-0.1, -0.05) is 27.7 Å². The average Bonchev–Trinajstić information content (AvgIpc) is 2.28. The van der Waals surface area contributed by atoms with Crippen LogP contribution in [-0.4, -0.2) is 7.11 Å². The molecule has 0 fully saturated rings. The molecule has 0 atom stereocenters. The summed E-state index contributed by atoms with van der Waals surface area (Å²) in [5.41, 5.74) is 7.45. The van der Waals surface area contributed by atoms with Crippen molar-refractivity contribution in [3.8, 4) is 5.75 Å². The molecule has 1 aromatic rings. The van der Waals surface area contributed by atoms with Crippen LogP contribution in [0.15, 0.2) is 18.2 Å². The SMILES string of the molecule is CC.CC.COc1ccc(N)c(C)c1. The molecule has 2 heteroatoms. The second-order valence-electron chi connectivity index (χ2n) is 2.22. The van der Waals surface area contributed by atoms with Crippen LogP contribution in [0, 0.1) is 6.92 Å². The van der Waals surface area contributed by atoms with E-state index in [0.29, 0.717) is 0 Å². The van der Waals surface area contributed by atoms with Crippen LogP contribution >= 0.6 is 0 Å². The highest BCUT2D eigenvalue weighted by Crippen LogP contribution is 2.17. The van der Waals surface area contributed by atoms with E-state index in [9.17, 15) is 0 Å². The first-order valence-electron chi connectivity index (χ1n) is 5.14. The van der Waals surface area contributed by atoms with E-state index in [4.69, 9.17) is 10.5 Å². The van der Waals surface area contributed by atoms with E-state index >= 15 is 0 Å². The maximum Gasteiger partial charge on any atom is 0.119 e. The van der Waals surface area contributed by atoms with Crippen LogP contribution in [0.5, 0.6) is 5.75 Å². The van der Waals surface area contributed by atoms with Gasteiger partial charge in [-0.05, 0) is 30.7 Å². The van der Waals surface area contributed by atoms with Gasteiger partial charge < -0.3 is 10.5 Å². The van der Waals surface area contributed by atoms with Crippen LogP contribution in [0.3, 0.4) is 0 Å². The number of nitrogen functional groups attached to an aromatic ring is 1. The van der Waals surface area contributed by atoms with Crippen molar-refractivity contribution < 1.29 is 4.74 Å². The first-order chi connectivity index (χ1) is 6.74. The molecule has 0 bridgehead atoms. The molecule has 0 amide bonds. The van der Waals surface area contributed by atoms with Gasteiger partial charge in [0.05, 0.1) is 7.11 Å². The van der Waals surface area contributed by atoms with Crippen molar-refractivity contribution in [3.05, 3.63) is 23.8 Å². The molecular weight excluding hydrogens is 174 g/mol. The Bertz CT molecular complexity index is 234. The van der Waals surface area contributed by atoms with E-state index in [1.807, 2.05) is 52.8 Å². The predicted molar refractivity (Wildman–Crippen MR) is 64.8 cm³/mol. The lowest BCUT2D eigenvalue weighted by Gasteiger charge is -2.02. The van der Waals surface area contributed by atoms with Gasteiger partial charge >= 0.3 is 0 Å². The van der Waals surface area contributed by atoms with Crippen LogP contribution < -0.4 is 10.5 Å². The minimum atomic E-state index is 0.806. The number of anilines is 1. The largest absolute Gasteiger partial charge is 0.497 e. The first-order valence-corrected chi connectivity index (χ1v) is 5.14. The number of nitrogens with two attached hydrogens (primary N) is 1. The Morgan fingerprint density at radius 3 is 1.93 bits per heavy atom. The van der Waals surface area contributed by atoms with Crippen molar-refractivity contribution in [1.29, 1.82) is 0 Å². The third kappa shape index (κ3) is 5.46. The van der Waals surface area contributed by atoms with Crippen LogP contribution in [0.2, 0.25) is 0 Å². The molecule has 0 heterocycles. The van der Waals surface area contributed by atoms with Crippen LogP contribution in [0.4, 0.5) is 5.69 Å². The molecule has 0 aromatic heterocycles. The average molecular weight is 197 g/mol. The highest BCUT2D eigenvalue weighted by molar-refractivity contribution is 5.49. The summed E-state index contributed by atoms with van der Waals surface area (Å²) in [6.45, 7) is 9.96. The lowest BCUT2D eigenvalue weighted by molar-refractivity contribution is 0.414. The molecule has 82 valence electrons. The highest BCUT2D eigenvalue weighted by atomic mass is 16.5. The van der Waals surface area contributed by atoms with Crippen molar-refractivity contribution in [1.82, 2.24) is 0 Å². The fourth-order valence-electron chi connectivity index (χ4n) is 0.775. The molecule has 0 unspecified atom stereocenters. The van der Waals surface area contributed by atoms with Gasteiger partial charge in [0, 0.05) is 5.69 Å². The Kier molecular flexibility index (Phi) is 10.8. The van der Waals surface area contributed by atoms with Crippen LogP contribution in [0.25, 0.3) is 0 Å². The predicted octanol–water partition coefficient (Wildman–Crippen LogP) is 3.64. The number of ether oxygens (including phenoxy) is 1. The van der Waals surface area contributed by atoms with Crippen molar-refractivity contribution in [2.24, 2.45) is 0 Å². The summed E-state index contributed by atoms with van der Waals surface area (Å²) in [5.74, 6) is 0.853. The minimum absolute atomic E-state index is 0.806. The van der Waals surface area contributed by atoms with Gasteiger partial charge in [-0.25, -0.2) is 0 Å². The van der Waals surface area contributed by atoms with E-state index in [-0.39, 0.29) is 0 Å². The molecule has 0 saturated heterocycles. The Labute approximate surface area is 88.1 Å². The van der Waals surface area contributed by atoms with E-state index in [2.05, 4.69) is 0 Å². The zero-order valence-corrected chi connectivity index (χ0v) is 10.2. The standard InChI is InChI=1S/C8H11NO.2C2H6/c1-6-5-7(10-2)3-4-8(6)9;2*1-2/h3-5H,9H2,1-2H3;2*1-2H3. The van der Waals surface area contributed by atoms with E-state index < -0.39 is 0 Å². The van der Waals surface area contributed by atoms with Gasteiger partial charge in [0.15, 0.2) is 0 Å². The van der Waals surface area contributed by atoms with Gasteiger partial charge in [-0.15, -0.1) is 0 Å². The smallest absolute Gasteiger partial charge is 0.119 e. The second-order valence-corrected chi connectivity index (χ2v) is 2.22. The summed E-state index contributed by atoms with van der Waals surface area (Å²) in [4.78, 5) is 0. The number of hydrogen-bond donors (Lipinski definition) is 1. The topological polar surface area (TPSA) is 35.2 Å². The second kappa shape index (κ2) is 9.90. The normalized spacial score (nSPS) is 7.57. The van der Waals surface area contributed by atoms with Gasteiger partial charge in [-0.2, -0.15) is 0 Å². The molecule has 0 spiro atoms. The molecular formula is C12H23NO. The number of rotatable bonds is 1. The summed E-state index contributed by atoms with van der Waals surface area (Å²) in [7, 11) is 1.64. The third-order valence-electron chi connectivity index (χ3n) is 1.48. The van der Waals surface area contributed by atoms with Gasteiger partial charge in [0.1, 0.15) is 5.75 Å². The molecule has 0 saturated carbocycles. The Morgan fingerprint density at radius 1 is 1.07 bits per heavy atom. The first kappa shape index (κ1) is 15.3. The minimum Gasteiger partial charge on any atom is -0.497 e. The van der Waals surface area contributed by atoms with E-state index in [1.54, 1.807) is 7.11 Å². The lowest BCUT2D eigenvalue weighted by atomic mass is 10.2. The quantitative estimate of drug-likeness (QED) is 0.698. The van der Waals surface area contributed by atoms with Crippen molar-refractivity contribution in [2.45, 2.75) is 34.6 Å². The monoisotopic (exact) mass is 197 g/mol. The van der Waals surface area contributed by atoms with Gasteiger partial charge in [0.25, 0.3) is 0 Å². The van der Waals surface area contributed by atoms with E-state index in [0.717, 1.165) is 17.0 Å². The Morgan fingerprint density at radius 2 is 1.57 bits per heavy atom. The summed E-state index contributed by atoms with van der Waals surface area (Å²) < 4.78 is 4.99. The third-order valence-corrected chi connectivity index (χ3v) is 1.48. The maximum atomic E-state index is 5.59. The molecule has 2 N–H and O–H groups in total. The van der Waals surface area contributed by atoms with Crippen LogP contribution in [0.1, 0.15) is 33.3 Å². The lowest BCUT2D eigenvalue weighted by Crippen LogP contribution is -1.90. The Hall–Kier alpha value is -1.18. The summed E-state index contributed by atoms with van der Waals surface area (Å²) in [6, 6.07) is 5.60. The molecule has 0 aliphatic carbocycles. The fraction of sp³-hybridized carbons (Fsp3) is 0.500. The van der Waals surface area contributed by atoms with Crippen molar-refractivity contribution in [3.63, 3.8) is 0 Å². The summed E-state index contributed by atoms with van der Waals surface area (Å²) >= 11 is 0. The van der Waals surface area contributed by atoms with E-state index in [1.165, 1.54) is 0 Å².